The third kappa shape index (κ3) is 3.81. The van der Waals surface area contributed by atoms with Crippen molar-refractivity contribution in [2.45, 2.75) is 33.7 Å². The molecule has 0 aliphatic rings. The lowest BCUT2D eigenvalue weighted by Crippen LogP contribution is -2.33. The number of carbonyl (C=O) groups excluding carboxylic acids is 1. The molecule has 4 nitrogen and oxygen atoms in total. The van der Waals surface area contributed by atoms with E-state index in [1.807, 2.05) is 27.7 Å². The van der Waals surface area contributed by atoms with Gasteiger partial charge in [0.25, 0.3) is 5.91 Å². The van der Waals surface area contributed by atoms with Crippen LogP contribution in [-0.2, 0) is 4.79 Å². The van der Waals surface area contributed by atoms with Crippen LogP contribution < -0.4 is 0 Å². The zero-order valence-corrected chi connectivity index (χ0v) is 10.4. The fourth-order valence-electron chi connectivity index (χ4n) is 1.16. The van der Waals surface area contributed by atoms with Crippen LogP contribution in [-0.4, -0.2) is 30.4 Å². The second-order valence-corrected chi connectivity index (χ2v) is 3.80. The van der Waals surface area contributed by atoms with Crippen LogP contribution in [0.3, 0.4) is 0 Å². The van der Waals surface area contributed by atoms with Crippen LogP contribution >= 0.6 is 0 Å². The highest BCUT2D eigenvalue weighted by molar-refractivity contribution is 5.97. The Bertz CT molecular complexity index is 336. The largest absolute Gasteiger partial charge is 0.274 e. The Balaban J connectivity index is 5.18. The van der Waals surface area contributed by atoms with Crippen molar-refractivity contribution < 1.29 is 4.79 Å². The van der Waals surface area contributed by atoms with Gasteiger partial charge in [-0.05, 0) is 40.5 Å². The Morgan fingerprint density at radius 2 is 1.88 bits per heavy atom. The van der Waals surface area contributed by atoms with E-state index >= 15 is 0 Å². The molecule has 0 heterocycles. The van der Waals surface area contributed by atoms with Gasteiger partial charge in [-0.25, -0.2) is 5.01 Å². The summed E-state index contributed by atoms with van der Waals surface area (Å²) < 4.78 is 0. The van der Waals surface area contributed by atoms with Crippen molar-refractivity contribution in [1.82, 2.24) is 5.01 Å². The van der Waals surface area contributed by atoms with E-state index in [1.54, 1.807) is 6.08 Å². The molecule has 88 valence electrons. The topological polar surface area (TPSA) is 45.0 Å². The van der Waals surface area contributed by atoms with Crippen molar-refractivity contribution in [1.29, 1.82) is 0 Å². The molecule has 0 aromatic rings. The monoisotopic (exact) mass is 221 g/mol. The first-order chi connectivity index (χ1) is 7.45. The average molecular weight is 221 g/mol. The van der Waals surface area contributed by atoms with Gasteiger partial charge in [0.2, 0.25) is 0 Å². The molecule has 0 N–H and O–H groups in total. The van der Waals surface area contributed by atoms with Gasteiger partial charge < -0.3 is 0 Å². The third-order valence-corrected chi connectivity index (χ3v) is 1.97. The molecule has 4 heteroatoms. The number of amides is 1. The van der Waals surface area contributed by atoms with Crippen LogP contribution in [0.2, 0.25) is 0 Å². The van der Waals surface area contributed by atoms with Gasteiger partial charge in [-0.1, -0.05) is 5.57 Å². The van der Waals surface area contributed by atoms with E-state index in [4.69, 9.17) is 0 Å². The maximum Gasteiger partial charge on any atom is 0.274 e. The molecule has 0 aliphatic carbocycles. The minimum absolute atomic E-state index is 0.0237. The van der Waals surface area contributed by atoms with E-state index in [0.29, 0.717) is 5.57 Å². The molecule has 0 fully saturated rings. The summed E-state index contributed by atoms with van der Waals surface area (Å²) in [6.07, 6.45) is 3.12. The molecule has 0 aromatic heterocycles. The Kier molecular flexibility index (Phi) is 6.00. The van der Waals surface area contributed by atoms with Gasteiger partial charge in [0.05, 0.1) is 6.04 Å². The summed E-state index contributed by atoms with van der Waals surface area (Å²) in [5, 5.41) is 5.06. The van der Waals surface area contributed by atoms with E-state index in [9.17, 15) is 4.79 Å². The first-order valence-corrected chi connectivity index (χ1v) is 5.05. The van der Waals surface area contributed by atoms with Gasteiger partial charge >= 0.3 is 0 Å². The van der Waals surface area contributed by atoms with Crippen LogP contribution in [0, 0.1) is 0 Å². The van der Waals surface area contributed by atoms with Crippen LogP contribution in [0.15, 0.2) is 33.5 Å². The number of allylic oxidation sites excluding steroid dienone is 1. The van der Waals surface area contributed by atoms with Gasteiger partial charge in [-0.15, -0.1) is 0 Å². The lowest BCUT2D eigenvalue weighted by molar-refractivity contribution is -0.128. The van der Waals surface area contributed by atoms with E-state index in [1.165, 1.54) is 11.2 Å². The highest BCUT2D eigenvalue weighted by Crippen LogP contribution is 2.12. The molecule has 1 amide bonds. The Morgan fingerprint density at radius 3 is 2.19 bits per heavy atom. The Labute approximate surface area is 97.1 Å². The molecule has 0 unspecified atom stereocenters. The third-order valence-electron chi connectivity index (χ3n) is 1.97. The summed E-state index contributed by atoms with van der Waals surface area (Å²) in [5.41, 5.74) is 1.47. The number of carbonyl (C=O) groups is 1. The smallest absolute Gasteiger partial charge is 0.272 e. The lowest BCUT2D eigenvalue weighted by Gasteiger charge is -2.21. The number of aliphatic imine (C=N–C) groups is 1. The summed E-state index contributed by atoms with van der Waals surface area (Å²) in [5.74, 6) is -0.176. The van der Waals surface area contributed by atoms with Crippen LogP contribution in [0.4, 0.5) is 0 Å². The SMILES string of the molecule is C=N/C=C\C(C(=O)N(N=C)C(C)C)=C(C)C. The fraction of sp³-hybridized carbons (Fsp3) is 0.417. The minimum Gasteiger partial charge on any atom is -0.272 e. The average Bonchev–Trinajstić information content (AvgIpc) is 2.18. The Hall–Kier alpha value is -1.71. The van der Waals surface area contributed by atoms with E-state index in [2.05, 4.69) is 23.5 Å². The fourth-order valence-corrected chi connectivity index (χ4v) is 1.16. The normalized spacial score (nSPS) is 10.3. The molecule has 16 heavy (non-hydrogen) atoms. The number of rotatable bonds is 5. The van der Waals surface area contributed by atoms with E-state index in [-0.39, 0.29) is 11.9 Å². The number of nitrogens with zero attached hydrogens (tertiary/aromatic N) is 3. The molecule has 0 atom stereocenters. The van der Waals surface area contributed by atoms with Crippen molar-refractivity contribution in [2.24, 2.45) is 10.1 Å². The first kappa shape index (κ1) is 14.3. The summed E-state index contributed by atoms with van der Waals surface area (Å²) in [6, 6.07) is -0.0237. The number of hydrogen-bond donors (Lipinski definition) is 0. The molecule has 0 radical (unpaired) electrons. The van der Waals surface area contributed by atoms with Crippen molar-refractivity contribution >= 4 is 19.3 Å². The zero-order chi connectivity index (χ0) is 12.7. The summed E-state index contributed by atoms with van der Waals surface area (Å²) >= 11 is 0. The van der Waals surface area contributed by atoms with Crippen LogP contribution in [0.5, 0.6) is 0 Å². The highest BCUT2D eigenvalue weighted by Gasteiger charge is 2.18. The van der Waals surface area contributed by atoms with Gasteiger partial charge in [0, 0.05) is 18.5 Å². The Morgan fingerprint density at radius 1 is 1.31 bits per heavy atom. The molecule has 0 saturated heterocycles. The second kappa shape index (κ2) is 6.71. The maximum atomic E-state index is 12.1. The van der Waals surface area contributed by atoms with Crippen LogP contribution in [0.1, 0.15) is 27.7 Å². The quantitative estimate of drug-likeness (QED) is 0.304. The standard InChI is InChI=1S/C12H19N3O/c1-9(2)11(7-8-13-5)12(16)15(14-6)10(3)4/h7-8,10H,5-6H2,1-4H3/b8-7-. The highest BCUT2D eigenvalue weighted by atomic mass is 16.2. The first-order valence-electron chi connectivity index (χ1n) is 5.05. The van der Waals surface area contributed by atoms with Gasteiger partial charge in [0.15, 0.2) is 0 Å². The molecule has 0 saturated carbocycles. The predicted octanol–water partition coefficient (Wildman–Crippen LogP) is 2.39. The molecular weight excluding hydrogens is 202 g/mol. The van der Waals surface area contributed by atoms with E-state index < -0.39 is 0 Å². The number of hydrazone groups is 1. The van der Waals surface area contributed by atoms with Crippen molar-refractivity contribution in [3.8, 4) is 0 Å². The maximum absolute atomic E-state index is 12.1. The number of hydrogen-bond acceptors (Lipinski definition) is 3. The molecule has 0 spiro atoms. The summed E-state index contributed by atoms with van der Waals surface area (Å²) in [4.78, 5) is 15.7. The van der Waals surface area contributed by atoms with Gasteiger partial charge in [-0.3, -0.25) is 9.79 Å². The molecule has 0 aromatic carbocycles. The zero-order valence-electron chi connectivity index (χ0n) is 10.4. The van der Waals surface area contributed by atoms with Gasteiger partial charge in [0.1, 0.15) is 0 Å². The summed E-state index contributed by atoms with van der Waals surface area (Å²) in [7, 11) is 0. The lowest BCUT2D eigenvalue weighted by atomic mass is 10.1. The summed E-state index contributed by atoms with van der Waals surface area (Å²) in [6.45, 7) is 14.2. The van der Waals surface area contributed by atoms with E-state index in [0.717, 1.165) is 5.57 Å². The second-order valence-electron chi connectivity index (χ2n) is 3.80. The molecular formula is C12H19N3O. The predicted molar refractivity (Wildman–Crippen MR) is 68.6 cm³/mol. The van der Waals surface area contributed by atoms with Gasteiger partial charge in [-0.2, -0.15) is 5.10 Å². The van der Waals surface area contributed by atoms with Crippen molar-refractivity contribution in [3.63, 3.8) is 0 Å². The van der Waals surface area contributed by atoms with Crippen molar-refractivity contribution in [2.75, 3.05) is 0 Å². The van der Waals surface area contributed by atoms with Crippen LogP contribution in [0.25, 0.3) is 0 Å². The molecule has 0 aliphatic heterocycles. The van der Waals surface area contributed by atoms with Crippen molar-refractivity contribution in [3.05, 3.63) is 23.4 Å². The molecule has 0 bridgehead atoms. The molecule has 0 rings (SSSR count). The minimum atomic E-state index is -0.176.